The van der Waals surface area contributed by atoms with Crippen molar-refractivity contribution < 1.29 is 8.42 Å². The lowest BCUT2D eigenvalue weighted by molar-refractivity contribution is 0.271. The van der Waals surface area contributed by atoms with Crippen molar-refractivity contribution in [3.8, 4) is 0 Å². The van der Waals surface area contributed by atoms with Gasteiger partial charge in [-0.3, -0.25) is 0 Å². The first-order valence-electron chi connectivity index (χ1n) is 6.64. The van der Waals surface area contributed by atoms with E-state index >= 15 is 0 Å². The van der Waals surface area contributed by atoms with E-state index in [9.17, 15) is 8.42 Å². The standard InChI is InChI=1S/C14H23ClN2O2S/c1-5-17(12(2)11-16(3)4)20(18,19)14-8-6-13(10-15)7-9-14/h6-9,12H,5,10-11H2,1-4H3. The van der Waals surface area contributed by atoms with E-state index in [0.717, 1.165) is 5.56 Å². The fourth-order valence-corrected chi connectivity index (χ4v) is 4.03. The van der Waals surface area contributed by atoms with Crippen molar-refractivity contribution in [1.82, 2.24) is 9.21 Å². The summed E-state index contributed by atoms with van der Waals surface area (Å²) in [6, 6.07) is 6.68. The molecular formula is C14H23ClN2O2S. The molecule has 0 saturated carbocycles. The average Bonchev–Trinajstić information content (AvgIpc) is 2.38. The van der Waals surface area contributed by atoms with E-state index in [-0.39, 0.29) is 6.04 Å². The van der Waals surface area contributed by atoms with E-state index in [1.165, 1.54) is 4.31 Å². The highest BCUT2D eigenvalue weighted by Crippen LogP contribution is 2.19. The summed E-state index contributed by atoms with van der Waals surface area (Å²) in [5, 5.41) is 0. The average molecular weight is 319 g/mol. The third-order valence-electron chi connectivity index (χ3n) is 3.12. The molecule has 0 radical (unpaired) electrons. The summed E-state index contributed by atoms with van der Waals surface area (Å²) < 4.78 is 26.9. The number of alkyl halides is 1. The Bertz CT molecular complexity index is 514. The molecule has 0 spiro atoms. The van der Waals surface area contributed by atoms with Crippen LogP contribution < -0.4 is 0 Å². The summed E-state index contributed by atoms with van der Waals surface area (Å²) in [5.74, 6) is 0.384. The molecule has 1 aromatic carbocycles. The minimum absolute atomic E-state index is 0.0762. The maximum atomic E-state index is 12.7. The predicted molar refractivity (Wildman–Crippen MR) is 83.6 cm³/mol. The van der Waals surface area contributed by atoms with Crippen molar-refractivity contribution in [2.75, 3.05) is 27.2 Å². The highest BCUT2D eigenvalue weighted by Gasteiger charge is 2.27. The molecule has 0 aliphatic rings. The second-order valence-electron chi connectivity index (χ2n) is 5.10. The maximum Gasteiger partial charge on any atom is 0.243 e. The highest BCUT2D eigenvalue weighted by atomic mass is 35.5. The van der Waals surface area contributed by atoms with Crippen LogP contribution in [0.1, 0.15) is 19.4 Å². The highest BCUT2D eigenvalue weighted by molar-refractivity contribution is 7.89. The van der Waals surface area contributed by atoms with Gasteiger partial charge in [0.15, 0.2) is 0 Å². The Morgan fingerprint density at radius 1 is 1.20 bits per heavy atom. The first kappa shape index (κ1) is 17.4. The molecule has 0 bridgehead atoms. The van der Waals surface area contributed by atoms with Gasteiger partial charge in [0.1, 0.15) is 0 Å². The molecule has 20 heavy (non-hydrogen) atoms. The normalized spacial score (nSPS) is 13.9. The molecule has 0 aliphatic heterocycles. The summed E-state index contributed by atoms with van der Waals surface area (Å²) in [4.78, 5) is 2.30. The van der Waals surface area contributed by atoms with Crippen LogP contribution in [-0.2, 0) is 15.9 Å². The van der Waals surface area contributed by atoms with Crippen LogP contribution in [0.25, 0.3) is 0 Å². The third kappa shape index (κ3) is 4.19. The van der Waals surface area contributed by atoms with Crippen molar-refractivity contribution >= 4 is 21.6 Å². The van der Waals surface area contributed by atoms with Gasteiger partial charge in [-0.2, -0.15) is 4.31 Å². The second-order valence-corrected chi connectivity index (χ2v) is 7.26. The lowest BCUT2D eigenvalue weighted by Gasteiger charge is -2.29. The Kier molecular flexibility index (Phi) is 6.45. The van der Waals surface area contributed by atoms with Gasteiger partial charge in [-0.05, 0) is 38.7 Å². The quantitative estimate of drug-likeness (QED) is 0.725. The molecule has 4 nitrogen and oxygen atoms in total. The Hall–Kier alpha value is -0.620. The Morgan fingerprint density at radius 2 is 1.75 bits per heavy atom. The number of hydrogen-bond acceptors (Lipinski definition) is 3. The van der Waals surface area contributed by atoms with Gasteiger partial charge in [0, 0.05) is 25.0 Å². The molecule has 0 fully saturated rings. The van der Waals surface area contributed by atoms with Crippen LogP contribution >= 0.6 is 11.6 Å². The second kappa shape index (κ2) is 7.41. The summed E-state index contributed by atoms with van der Waals surface area (Å²) >= 11 is 5.73. The molecule has 0 aromatic heterocycles. The van der Waals surface area contributed by atoms with Gasteiger partial charge in [-0.25, -0.2) is 8.42 Å². The molecule has 6 heteroatoms. The van der Waals surface area contributed by atoms with E-state index in [1.54, 1.807) is 24.3 Å². The van der Waals surface area contributed by atoms with Gasteiger partial charge >= 0.3 is 0 Å². The number of likely N-dealkylation sites (N-methyl/N-ethyl adjacent to an activating group) is 2. The van der Waals surface area contributed by atoms with Crippen molar-refractivity contribution in [3.05, 3.63) is 29.8 Å². The lowest BCUT2D eigenvalue weighted by atomic mass is 10.2. The van der Waals surface area contributed by atoms with E-state index in [4.69, 9.17) is 11.6 Å². The number of hydrogen-bond donors (Lipinski definition) is 0. The topological polar surface area (TPSA) is 40.6 Å². The Balaban J connectivity index is 3.04. The van der Waals surface area contributed by atoms with Crippen molar-refractivity contribution in [2.24, 2.45) is 0 Å². The zero-order valence-corrected chi connectivity index (χ0v) is 14.1. The summed E-state index contributed by atoms with van der Waals surface area (Å²) in [7, 11) is 0.416. The zero-order chi connectivity index (χ0) is 15.3. The lowest BCUT2D eigenvalue weighted by Crippen LogP contribution is -2.43. The molecule has 0 N–H and O–H groups in total. The molecule has 0 amide bonds. The van der Waals surface area contributed by atoms with E-state index in [1.807, 2.05) is 32.8 Å². The van der Waals surface area contributed by atoms with E-state index in [2.05, 4.69) is 0 Å². The van der Waals surface area contributed by atoms with Crippen LogP contribution in [0, 0.1) is 0 Å². The minimum atomic E-state index is -3.46. The Morgan fingerprint density at radius 3 is 2.15 bits per heavy atom. The number of rotatable bonds is 7. The van der Waals surface area contributed by atoms with Gasteiger partial charge in [0.2, 0.25) is 10.0 Å². The smallest absolute Gasteiger partial charge is 0.243 e. The third-order valence-corrected chi connectivity index (χ3v) is 5.53. The summed E-state index contributed by atoms with van der Waals surface area (Å²) in [5.41, 5.74) is 0.912. The Labute approximate surface area is 127 Å². The molecule has 1 aromatic rings. The fourth-order valence-electron chi connectivity index (χ4n) is 2.22. The van der Waals surface area contributed by atoms with Gasteiger partial charge in [0.05, 0.1) is 4.90 Å². The van der Waals surface area contributed by atoms with Crippen LogP contribution in [0.2, 0.25) is 0 Å². The fraction of sp³-hybridized carbons (Fsp3) is 0.571. The van der Waals surface area contributed by atoms with E-state index < -0.39 is 10.0 Å². The molecule has 0 heterocycles. The van der Waals surface area contributed by atoms with Crippen LogP contribution in [0.15, 0.2) is 29.2 Å². The van der Waals surface area contributed by atoms with Gasteiger partial charge in [0.25, 0.3) is 0 Å². The number of halogens is 1. The molecule has 0 saturated heterocycles. The molecule has 114 valence electrons. The first-order chi connectivity index (χ1) is 9.32. The first-order valence-corrected chi connectivity index (χ1v) is 8.61. The monoisotopic (exact) mass is 318 g/mol. The van der Waals surface area contributed by atoms with Gasteiger partial charge in [-0.15, -0.1) is 11.6 Å². The molecular weight excluding hydrogens is 296 g/mol. The minimum Gasteiger partial charge on any atom is -0.308 e. The molecule has 1 atom stereocenters. The van der Waals surface area contributed by atoms with Crippen LogP contribution in [0.5, 0.6) is 0 Å². The van der Waals surface area contributed by atoms with Crippen molar-refractivity contribution in [1.29, 1.82) is 0 Å². The number of nitrogens with zero attached hydrogens (tertiary/aromatic N) is 2. The summed E-state index contributed by atoms with van der Waals surface area (Å²) in [6.07, 6.45) is 0. The van der Waals surface area contributed by atoms with Crippen molar-refractivity contribution in [3.63, 3.8) is 0 Å². The van der Waals surface area contributed by atoms with Gasteiger partial charge < -0.3 is 4.90 Å². The van der Waals surface area contributed by atoms with Crippen LogP contribution in [0.4, 0.5) is 0 Å². The molecule has 1 unspecified atom stereocenters. The van der Waals surface area contributed by atoms with Crippen molar-refractivity contribution in [2.45, 2.75) is 30.7 Å². The molecule has 1 rings (SSSR count). The summed E-state index contributed by atoms with van der Waals surface area (Å²) in [6.45, 7) is 4.92. The van der Waals surface area contributed by atoms with Gasteiger partial charge in [-0.1, -0.05) is 19.1 Å². The predicted octanol–water partition coefficient (Wildman–Crippen LogP) is 2.39. The molecule has 0 aliphatic carbocycles. The maximum absolute atomic E-state index is 12.7. The number of sulfonamides is 1. The number of benzene rings is 1. The largest absolute Gasteiger partial charge is 0.308 e. The van der Waals surface area contributed by atoms with Crippen LogP contribution in [0.3, 0.4) is 0 Å². The zero-order valence-electron chi connectivity index (χ0n) is 12.5. The van der Waals surface area contributed by atoms with Crippen LogP contribution in [-0.4, -0.2) is 50.8 Å². The SMILES string of the molecule is CCN(C(C)CN(C)C)S(=O)(=O)c1ccc(CCl)cc1. The van der Waals surface area contributed by atoms with E-state index in [0.29, 0.717) is 23.9 Å².